The van der Waals surface area contributed by atoms with E-state index in [1.54, 1.807) is 0 Å². The van der Waals surface area contributed by atoms with Crippen LogP contribution >= 0.6 is 0 Å². The summed E-state index contributed by atoms with van der Waals surface area (Å²) in [5, 5.41) is 0. The fraction of sp³-hybridized carbons (Fsp3) is 0.0400. The molecule has 120 valence electrons. The maximum Gasteiger partial charge on any atom is -0.00135 e. The van der Waals surface area contributed by atoms with Crippen LogP contribution in [0, 0.1) is 0 Å². The van der Waals surface area contributed by atoms with Crippen LogP contribution in [0.25, 0.3) is 22.3 Å². The number of fused-ring (bicyclic) bond motifs is 3. The first-order chi connectivity index (χ1) is 12.4. The first-order valence-electron chi connectivity index (χ1n) is 8.68. The molecule has 0 fully saturated rings. The van der Waals surface area contributed by atoms with E-state index in [9.17, 15) is 0 Å². The van der Waals surface area contributed by atoms with Crippen LogP contribution in [-0.2, 0) is 6.42 Å². The molecule has 0 spiro atoms. The summed E-state index contributed by atoms with van der Waals surface area (Å²) in [5.41, 5.74) is 8.31. The third-order valence-corrected chi connectivity index (χ3v) is 4.59. The van der Waals surface area contributed by atoms with Gasteiger partial charge in [0, 0.05) is 0 Å². The smallest absolute Gasteiger partial charge is 0.00135 e. The van der Waals surface area contributed by atoms with Gasteiger partial charge in [-0.05, 0) is 39.8 Å². The van der Waals surface area contributed by atoms with Gasteiger partial charge in [-0.3, -0.25) is 0 Å². The third kappa shape index (κ3) is 3.39. The fourth-order valence-electron chi connectivity index (χ4n) is 3.34. The molecule has 4 aromatic carbocycles. The minimum Gasteiger partial charge on any atom is -0.0622 e. The van der Waals surface area contributed by atoms with Crippen LogP contribution in [0.15, 0.2) is 109 Å². The van der Waals surface area contributed by atoms with E-state index in [2.05, 4.69) is 97.1 Å². The van der Waals surface area contributed by atoms with E-state index in [0.29, 0.717) is 0 Å². The van der Waals surface area contributed by atoms with Crippen LogP contribution in [0.1, 0.15) is 11.1 Å². The van der Waals surface area contributed by atoms with Crippen LogP contribution in [-0.4, -0.2) is 0 Å². The standard InChI is InChI=1S/C13H10.C12H10/c1-3-7-12-10(5-1)9-11-6-2-4-8-13(11)12;1-3-7-11(8-4-1)12-9-5-2-6-10-12/h1-8H,9H2;1-10H. The lowest BCUT2D eigenvalue weighted by molar-refractivity contribution is 1.26. The number of hydrogen-bond acceptors (Lipinski definition) is 0. The minimum absolute atomic E-state index is 1.10. The number of rotatable bonds is 1. The lowest BCUT2D eigenvalue weighted by Gasteiger charge is -1.98. The van der Waals surface area contributed by atoms with Crippen LogP contribution in [0.2, 0.25) is 0 Å². The zero-order chi connectivity index (χ0) is 16.9. The molecule has 0 N–H and O–H groups in total. The summed E-state index contributed by atoms with van der Waals surface area (Å²) in [5.74, 6) is 0. The Labute approximate surface area is 149 Å². The van der Waals surface area contributed by atoms with Crippen molar-refractivity contribution in [3.05, 3.63) is 120 Å². The molecule has 0 atom stereocenters. The van der Waals surface area contributed by atoms with Crippen molar-refractivity contribution >= 4 is 0 Å². The summed E-state index contributed by atoms with van der Waals surface area (Å²) in [6, 6.07) is 38.1. The number of hydrogen-bond donors (Lipinski definition) is 0. The molecule has 0 nitrogen and oxygen atoms in total. The van der Waals surface area contributed by atoms with Gasteiger partial charge >= 0.3 is 0 Å². The molecule has 0 saturated heterocycles. The monoisotopic (exact) mass is 320 g/mol. The Morgan fingerprint density at radius 1 is 0.360 bits per heavy atom. The fourth-order valence-corrected chi connectivity index (χ4v) is 3.34. The molecular weight excluding hydrogens is 300 g/mol. The molecule has 5 rings (SSSR count). The molecule has 0 saturated carbocycles. The molecule has 4 aromatic rings. The van der Waals surface area contributed by atoms with Crippen LogP contribution in [0.5, 0.6) is 0 Å². The Bertz CT molecular complexity index is 872. The Morgan fingerprint density at radius 2 is 0.720 bits per heavy atom. The highest BCUT2D eigenvalue weighted by molar-refractivity contribution is 5.76. The Hall–Kier alpha value is -3.12. The van der Waals surface area contributed by atoms with Gasteiger partial charge in [0.1, 0.15) is 0 Å². The second-order valence-corrected chi connectivity index (χ2v) is 6.22. The van der Waals surface area contributed by atoms with Crippen molar-refractivity contribution in [2.24, 2.45) is 0 Å². The molecule has 1 aliphatic carbocycles. The molecule has 25 heavy (non-hydrogen) atoms. The van der Waals surface area contributed by atoms with E-state index >= 15 is 0 Å². The highest BCUT2D eigenvalue weighted by Crippen LogP contribution is 2.35. The van der Waals surface area contributed by atoms with Crippen LogP contribution < -0.4 is 0 Å². The Kier molecular flexibility index (Phi) is 4.43. The molecule has 0 heterocycles. The zero-order valence-corrected chi connectivity index (χ0v) is 14.1. The van der Waals surface area contributed by atoms with E-state index in [0.717, 1.165) is 6.42 Å². The van der Waals surface area contributed by atoms with Gasteiger partial charge in [0.05, 0.1) is 0 Å². The van der Waals surface area contributed by atoms with Gasteiger partial charge in [0.25, 0.3) is 0 Å². The second-order valence-electron chi connectivity index (χ2n) is 6.22. The molecule has 0 aromatic heterocycles. The molecule has 1 aliphatic rings. The van der Waals surface area contributed by atoms with Crippen molar-refractivity contribution in [1.29, 1.82) is 0 Å². The summed E-state index contributed by atoms with van der Waals surface area (Å²) in [6.07, 6.45) is 1.10. The summed E-state index contributed by atoms with van der Waals surface area (Å²) < 4.78 is 0. The predicted octanol–water partition coefficient (Wildman–Crippen LogP) is 6.61. The summed E-state index contributed by atoms with van der Waals surface area (Å²) >= 11 is 0. The van der Waals surface area contributed by atoms with Crippen molar-refractivity contribution < 1.29 is 0 Å². The predicted molar refractivity (Wildman–Crippen MR) is 107 cm³/mol. The molecule has 0 aliphatic heterocycles. The average Bonchev–Trinajstić information content (AvgIpc) is 3.09. The van der Waals surface area contributed by atoms with E-state index in [-0.39, 0.29) is 0 Å². The van der Waals surface area contributed by atoms with Crippen LogP contribution in [0.4, 0.5) is 0 Å². The normalized spacial score (nSPS) is 11.0. The maximum atomic E-state index is 2.22. The Morgan fingerprint density at radius 3 is 1.16 bits per heavy atom. The summed E-state index contributed by atoms with van der Waals surface area (Å²) in [4.78, 5) is 0. The summed E-state index contributed by atoms with van der Waals surface area (Å²) in [6.45, 7) is 0. The number of benzene rings is 4. The van der Waals surface area contributed by atoms with Gasteiger partial charge in [-0.15, -0.1) is 0 Å². The largest absolute Gasteiger partial charge is 0.0622 e. The molecule has 0 heteroatoms. The Balaban J connectivity index is 0.000000126. The lowest BCUT2D eigenvalue weighted by Crippen LogP contribution is -1.77. The molecule has 0 unspecified atom stereocenters. The summed E-state index contributed by atoms with van der Waals surface area (Å²) in [7, 11) is 0. The van der Waals surface area contributed by atoms with Crippen molar-refractivity contribution in [2.45, 2.75) is 6.42 Å². The van der Waals surface area contributed by atoms with E-state index in [1.807, 2.05) is 12.1 Å². The van der Waals surface area contributed by atoms with E-state index < -0.39 is 0 Å². The van der Waals surface area contributed by atoms with Crippen molar-refractivity contribution in [2.75, 3.05) is 0 Å². The molecule has 0 bridgehead atoms. The van der Waals surface area contributed by atoms with E-state index in [4.69, 9.17) is 0 Å². The highest BCUT2D eigenvalue weighted by Gasteiger charge is 2.15. The van der Waals surface area contributed by atoms with Gasteiger partial charge < -0.3 is 0 Å². The van der Waals surface area contributed by atoms with Gasteiger partial charge in [0.2, 0.25) is 0 Å². The first kappa shape index (κ1) is 15.4. The first-order valence-corrected chi connectivity index (χ1v) is 8.68. The third-order valence-electron chi connectivity index (χ3n) is 4.59. The van der Waals surface area contributed by atoms with Crippen LogP contribution in [0.3, 0.4) is 0 Å². The molecule has 0 radical (unpaired) electrons. The quantitative estimate of drug-likeness (QED) is 0.326. The topological polar surface area (TPSA) is 0 Å². The second kappa shape index (κ2) is 7.19. The minimum atomic E-state index is 1.10. The van der Waals surface area contributed by atoms with Crippen molar-refractivity contribution in [1.82, 2.24) is 0 Å². The zero-order valence-electron chi connectivity index (χ0n) is 14.1. The molecule has 0 amide bonds. The van der Waals surface area contributed by atoms with E-state index in [1.165, 1.54) is 33.4 Å². The SMILES string of the molecule is c1ccc(-c2ccccc2)cc1.c1ccc2c(c1)Cc1ccccc1-2. The average molecular weight is 320 g/mol. The highest BCUT2D eigenvalue weighted by atomic mass is 14.2. The van der Waals surface area contributed by atoms with Gasteiger partial charge in [-0.1, -0.05) is 109 Å². The van der Waals surface area contributed by atoms with Gasteiger partial charge in [-0.25, -0.2) is 0 Å². The van der Waals surface area contributed by atoms with Crippen molar-refractivity contribution in [3.63, 3.8) is 0 Å². The van der Waals surface area contributed by atoms with Gasteiger partial charge in [0.15, 0.2) is 0 Å². The lowest BCUT2D eigenvalue weighted by atomic mass is 10.1. The molecular formula is C25H20. The van der Waals surface area contributed by atoms with Gasteiger partial charge in [-0.2, -0.15) is 0 Å². The maximum absolute atomic E-state index is 2.22. The van der Waals surface area contributed by atoms with Crippen molar-refractivity contribution in [3.8, 4) is 22.3 Å².